The molecule has 2 rings (SSSR count). The normalized spacial score (nSPS) is 10.3. The van der Waals surface area contributed by atoms with Gasteiger partial charge in [-0.1, -0.05) is 28.1 Å². The van der Waals surface area contributed by atoms with E-state index in [4.69, 9.17) is 9.84 Å². The second-order valence-corrected chi connectivity index (χ2v) is 4.57. The third-order valence-corrected chi connectivity index (χ3v) is 3.00. The molecule has 6 heteroatoms. The minimum absolute atomic E-state index is 0.0559. The molecule has 0 spiro atoms. The molecular weight excluding hydrogens is 300 g/mol. The van der Waals surface area contributed by atoms with Crippen molar-refractivity contribution in [3.63, 3.8) is 0 Å². The molecule has 0 fully saturated rings. The van der Waals surface area contributed by atoms with Gasteiger partial charge in [0.05, 0.1) is 19.9 Å². The maximum absolute atomic E-state index is 11.2. The molecule has 94 valence electrons. The number of methoxy groups -OCH3 is 1. The number of benzene rings is 1. The highest BCUT2D eigenvalue weighted by molar-refractivity contribution is 9.10. The average Bonchev–Trinajstić information content (AvgIpc) is 2.75. The Morgan fingerprint density at radius 1 is 1.44 bits per heavy atom. The molecule has 0 aliphatic rings. The van der Waals surface area contributed by atoms with Gasteiger partial charge in [0.2, 0.25) is 0 Å². The van der Waals surface area contributed by atoms with Crippen LogP contribution in [-0.4, -0.2) is 28.0 Å². The highest BCUT2D eigenvalue weighted by Crippen LogP contribution is 2.19. The van der Waals surface area contributed by atoms with Crippen molar-refractivity contribution < 1.29 is 14.6 Å². The molecule has 0 atom stereocenters. The fraction of sp³-hybridized carbons (Fsp3) is 0.167. The van der Waals surface area contributed by atoms with Gasteiger partial charge < -0.3 is 9.84 Å². The van der Waals surface area contributed by atoms with Gasteiger partial charge in [-0.25, -0.2) is 4.79 Å². The fourth-order valence-electron chi connectivity index (χ4n) is 1.62. The van der Waals surface area contributed by atoms with E-state index in [0.29, 0.717) is 6.54 Å². The highest BCUT2D eigenvalue weighted by atomic mass is 79.9. The molecule has 2 aromatic rings. The van der Waals surface area contributed by atoms with Crippen molar-refractivity contribution in [1.29, 1.82) is 0 Å². The summed E-state index contributed by atoms with van der Waals surface area (Å²) in [5, 5.41) is 13.2. The third-order valence-electron chi connectivity index (χ3n) is 2.47. The standard InChI is InChI=1S/C12H11BrN2O3/c1-18-10-6-14-15(11(10)12(16)17)7-8-2-4-9(13)5-3-8/h2-6H,7H2,1H3,(H,16,17). The van der Waals surface area contributed by atoms with E-state index in [1.54, 1.807) is 0 Å². The van der Waals surface area contributed by atoms with E-state index < -0.39 is 5.97 Å². The van der Waals surface area contributed by atoms with Crippen LogP contribution in [0.1, 0.15) is 16.1 Å². The summed E-state index contributed by atoms with van der Waals surface area (Å²) in [5.74, 6) is -0.791. The number of carboxylic acids is 1. The maximum Gasteiger partial charge on any atom is 0.358 e. The molecule has 1 aromatic carbocycles. The summed E-state index contributed by atoms with van der Waals surface area (Å²) in [6.45, 7) is 0.387. The SMILES string of the molecule is COc1cnn(Cc2ccc(Br)cc2)c1C(=O)O. The minimum atomic E-state index is -1.05. The molecule has 1 heterocycles. The Hall–Kier alpha value is -1.82. The van der Waals surface area contributed by atoms with Gasteiger partial charge in [-0.15, -0.1) is 0 Å². The van der Waals surface area contributed by atoms with Crippen molar-refractivity contribution in [1.82, 2.24) is 9.78 Å². The van der Waals surface area contributed by atoms with Crippen molar-refractivity contribution in [3.8, 4) is 5.75 Å². The second kappa shape index (κ2) is 5.22. The first-order valence-corrected chi connectivity index (χ1v) is 5.98. The molecule has 18 heavy (non-hydrogen) atoms. The quantitative estimate of drug-likeness (QED) is 0.942. The maximum atomic E-state index is 11.2. The summed E-state index contributed by atoms with van der Waals surface area (Å²) in [6, 6.07) is 7.61. The lowest BCUT2D eigenvalue weighted by Gasteiger charge is -2.05. The molecule has 0 amide bonds. The number of nitrogens with zero attached hydrogens (tertiary/aromatic N) is 2. The van der Waals surface area contributed by atoms with Crippen LogP contribution in [-0.2, 0) is 6.54 Å². The Kier molecular flexibility index (Phi) is 3.66. The topological polar surface area (TPSA) is 64.4 Å². The predicted molar refractivity (Wildman–Crippen MR) is 69.0 cm³/mol. The van der Waals surface area contributed by atoms with Crippen LogP contribution in [0, 0.1) is 0 Å². The van der Waals surface area contributed by atoms with Gasteiger partial charge in [0.15, 0.2) is 11.4 Å². The third kappa shape index (κ3) is 2.53. The van der Waals surface area contributed by atoms with Crippen molar-refractivity contribution in [2.75, 3.05) is 7.11 Å². The first-order chi connectivity index (χ1) is 8.61. The summed E-state index contributed by atoms with van der Waals surface area (Å²) in [7, 11) is 1.42. The van der Waals surface area contributed by atoms with Crippen molar-refractivity contribution in [3.05, 3.63) is 46.2 Å². The Morgan fingerprint density at radius 2 is 2.11 bits per heavy atom. The lowest BCUT2D eigenvalue weighted by atomic mass is 10.2. The summed E-state index contributed by atoms with van der Waals surface area (Å²) >= 11 is 3.35. The summed E-state index contributed by atoms with van der Waals surface area (Å²) in [4.78, 5) is 11.2. The molecule has 0 aliphatic heterocycles. The number of rotatable bonds is 4. The van der Waals surface area contributed by atoms with Crippen LogP contribution >= 0.6 is 15.9 Å². The number of carboxylic acid groups (broad SMARTS) is 1. The van der Waals surface area contributed by atoms with E-state index in [2.05, 4.69) is 21.0 Å². The number of hydrogen-bond acceptors (Lipinski definition) is 3. The van der Waals surface area contributed by atoms with E-state index in [1.807, 2.05) is 24.3 Å². The van der Waals surface area contributed by atoms with Gasteiger partial charge in [0.1, 0.15) is 0 Å². The zero-order valence-corrected chi connectivity index (χ0v) is 11.2. The fourth-order valence-corrected chi connectivity index (χ4v) is 1.88. The molecule has 5 nitrogen and oxygen atoms in total. The smallest absolute Gasteiger partial charge is 0.358 e. The second-order valence-electron chi connectivity index (χ2n) is 3.65. The van der Waals surface area contributed by atoms with Crippen LogP contribution in [0.2, 0.25) is 0 Å². The minimum Gasteiger partial charge on any atom is -0.493 e. The molecule has 0 unspecified atom stereocenters. The van der Waals surface area contributed by atoms with Gasteiger partial charge in [-0.2, -0.15) is 5.10 Å². The van der Waals surface area contributed by atoms with E-state index in [0.717, 1.165) is 10.0 Å². The van der Waals surface area contributed by atoms with Gasteiger partial charge in [-0.3, -0.25) is 4.68 Å². The van der Waals surface area contributed by atoms with Crippen LogP contribution in [0.4, 0.5) is 0 Å². The number of ether oxygens (including phenoxy) is 1. The molecular formula is C12H11BrN2O3. The zero-order chi connectivity index (χ0) is 13.1. The van der Waals surface area contributed by atoms with Gasteiger partial charge in [0.25, 0.3) is 0 Å². The number of carbonyl (C=O) groups is 1. The molecule has 0 radical (unpaired) electrons. The van der Waals surface area contributed by atoms with Crippen LogP contribution < -0.4 is 4.74 Å². The van der Waals surface area contributed by atoms with Crippen molar-refractivity contribution in [2.45, 2.75) is 6.54 Å². The Balaban J connectivity index is 2.31. The van der Waals surface area contributed by atoms with Crippen LogP contribution in [0.5, 0.6) is 5.75 Å². The zero-order valence-electron chi connectivity index (χ0n) is 9.63. The van der Waals surface area contributed by atoms with E-state index in [-0.39, 0.29) is 11.4 Å². The van der Waals surface area contributed by atoms with E-state index in [9.17, 15) is 4.79 Å². The Bertz CT molecular complexity index is 563. The number of aromatic carboxylic acids is 1. The molecule has 1 N–H and O–H groups in total. The van der Waals surface area contributed by atoms with Crippen LogP contribution in [0.15, 0.2) is 34.9 Å². The van der Waals surface area contributed by atoms with Gasteiger partial charge in [0, 0.05) is 4.47 Å². The highest BCUT2D eigenvalue weighted by Gasteiger charge is 2.18. The first kappa shape index (κ1) is 12.6. The lowest BCUT2D eigenvalue weighted by Crippen LogP contribution is -2.11. The van der Waals surface area contributed by atoms with E-state index in [1.165, 1.54) is 18.0 Å². The van der Waals surface area contributed by atoms with Crippen LogP contribution in [0.25, 0.3) is 0 Å². The molecule has 0 saturated heterocycles. The average molecular weight is 311 g/mol. The Labute approximate surface area is 112 Å². The molecule has 1 aromatic heterocycles. The van der Waals surface area contributed by atoms with E-state index >= 15 is 0 Å². The number of hydrogen-bond donors (Lipinski definition) is 1. The predicted octanol–water partition coefficient (Wildman–Crippen LogP) is 2.40. The Morgan fingerprint density at radius 3 is 2.67 bits per heavy atom. The monoisotopic (exact) mass is 310 g/mol. The summed E-state index contributed by atoms with van der Waals surface area (Å²) < 4.78 is 7.35. The number of halogens is 1. The number of aromatic nitrogens is 2. The van der Waals surface area contributed by atoms with Crippen molar-refractivity contribution in [2.24, 2.45) is 0 Å². The van der Waals surface area contributed by atoms with Crippen LogP contribution in [0.3, 0.4) is 0 Å². The summed E-state index contributed by atoms with van der Waals surface area (Å²) in [6.07, 6.45) is 1.41. The van der Waals surface area contributed by atoms with Crippen molar-refractivity contribution >= 4 is 21.9 Å². The molecule has 0 aliphatic carbocycles. The lowest BCUT2D eigenvalue weighted by molar-refractivity contribution is 0.0680. The van der Waals surface area contributed by atoms with Gasteiger partial charge >= 0.3 is 5.97 Å². The largest absolute Gasteiger partial charge is 0.493 e. The van der Waals surface area contributed by atoms with Gasteiger partial charge in [-0.05, 0) is 17.7 Å². The first-order valence-electron chi connectivity index (χ1n) is 5.19. The summed E-state index contributed by atoms with van der Waals surface area (Å²) in [5.41, 5.74) is 1.02. The molecule has 0 saturated carbocycles. The molecule has 0 bridgehead atoms.